The Morgan fingerprint density at radius 2 is 2.05 bits per heavy atom. The zero-order valence-electron chi connectivity index (χ0n) is 10.6. The van der Waals surface area contributed by atoms with E-state index in [1.54, 1.807) is 23.0 Å². The minimum Gasteiger partial charge on any atom is -0.486 e. The van der Waals surface area contributed by atoms with Crippen LogP contribution in [-0.2, 0) is 6.54 Å². The lowest BCUT2D eigenvalue weighted by molar-refractivity contribution is 0.171. The van der Waals surface area contributed by atoms with Crippen molar-refractivity contribution in [1.29, 1.82) is 0 Å². The fourth-order valence-corrected chi connectivity index (χ4v) is 1.87. The molecule has 0 saturated heterocycles. The minimum absolute atomic E-state index is 0.508. The molecule has 0 fully saturated rings. The monoisotopic (exact) mass is 261 g/mol. The number of hydrogen-bond donors (Lipinski definition) is 1. The Morgan fingerprint density at radius 1 is 1.32 bits per heavy atom. The summed E-state index contributed by atoms with van der Waals surface area (Å²) in [6, 6.07) is 3.46. The van der Waals surface area contributed by atoms with Crippen molar-refractivity contribution < 1.29 is 14.2 Å². The first-order valence-corrected chi connectivity index (χ1v) is 6.15. The van der Waals surface area contributed by atoms with E-state index in [1.165, 1.54) is 0 Å². The molecule has 3 rings (SSSR count). The summed E-state index contributed by atoms with van der Waals surface area (Å²) in [5.74, 6) is 2.49. The number of nitrogen functional groups attached to an aromatic ring is 1. The van der Waals surface area contributed by atoms with E-state index in [4.69, 9.17) is 19.9 Å². The first-order valence-electron chi connectivity index (χ1n) is 6.15. The molecule has 0 bridgehead atoms. The van der Waals surface area contributed by atoms with Crippen molar-refractivity contribution in [3.63, 3.8) is 0 Å². The minimum atomic E-state index is 0.508. The van der Waals surface area contributed by atoms with Gasteiger partial charge in [-0.25, -0.2) is 0 Å². The highest BCUT2D eigenvalue weighted by Crippen LogP contribution is 2.39. The summed E-state index contributed by atoms with van der Waals surface area (Å²) in [5, 5.41) is 4.14. The van der Waals surface area contributed by atoms with Crippen molar-refractivity contribution in [3.05, 3.63) is 24.5 Å². The largest absolute Gasteiger partial charge is 0.486 e. The lowest BCUT2D eigenvalue weighted by Crippen LogP contribution is -2.15. The van der Waals surface area contributed by atoms with Crippen molar-refractivity contribution in [2.45, 2.75) is 13.5 Å². The third kappa shape index (κ3) is 2.29. The highest BCUT2D eigenvalue weighted by molar-refractivity contribution is 5.63. The van der Waals surface area contributed by atoms with Crippen LogP contribution in [-0.4, -0.2) is 23.0 Å². The number of aryl methyl sites for hydroxylation is 1. The van der Waals surface area contributed by atoms with Crippen molar-refractivity contribution in [2.24, 2.45) is 0 Å². The van der Waals surface area contributed by atoms with E-state index in [-0.39, 0.29) is 0 Å². The fourth-order valence-electron chi connectivity index (χ4n) is 1.87. The van der Waals surface area contributed by atoms with Crippen LogP contribution in [0.1, 0.15) is 6.92 Å². The third-order valence-electron chi connectivity index (χ3n) is 2.84. The summed E-state index contributed by atoms with van der Waals surface area (Å²) in [6.07, 6.45) is 3.47. The van der Waals surface area contributed by atoms with Crippen LogP contribution in [0.25, 0.3) is 0 Å². The van der Waals surface area contributed by atoms with E-state index < -0.39 is 0 Å². The normalized spacial score (nSPS) is 13.3. The molecule has 2 N–H and O–H groups in total. The summed E-state index contributed by atoms with van der Waals surface area (Å²) in [4.78, 5) is 0. The van der Waals surface area contributed by atoms with Crippen molar-refractivity contribution in [3.8, 4) is 23.0 Å². The number of nitrogens with two attached hydrogens (primary N) is 1. The number of nitrogens with zero attached hydrogens (tertiary/aromatic N) is 2. The number of anilines is 1. The zero-order valence-corrected chi connectivity index (χ0v) is 10.6. The van der Waals surface area contributed by atoms with Crippen molar-refractivity contribution in [2.75, 3.05) is 18.9 Å². The van der Waals surface area contributed by atoms with E-state index in [2.05, 4.69) is 5.10 Å². The van der Waals surface area contributed by atoms with Crippen molar-refractivity contribution >= 4 is 5.69 Å². The second-order valence-electron chi connectivity index (χ2n) is 4.17. The van der Waals surface area contributed by atoms with Gasteiger partial charge in [0.25, 0.3) is 0 Å². The number of ether oxygens (including phenoxy) is 3. The molecule has 1 aromatic heterocycles. The maximum atomic E-state index is 5.94. The van der Waals surface area contributed by atoms with Crippen LogP contribution in [0.4, 0.5) is 5.69 Å². The number of benzene rings is 1. The maximum absolute atomic E-state index is 5.94. The SMILES string of the molecule is CCn1cc(Oc2cc3c(cc2N)OCCO3)cn1. The standard InChI is InChI=1S/C13H15N3O3/c1-2-16-8-9(7-15-16)19-11-6-13-12(5-10(11)14)17-3-4-18-13/h5-8H,2-4,14H2,1H3. The van der Waals surface area contributed by atoms with E-state index in [9.17, 15) is 0 Å². The van der Waals surface area contributed by atoms with E-state index >= 15 is 0 Å². The predicted molar refractivity (Wildman–Crippen MR) is 69.8 cm³/mol. The first-order chi connectivity index (χ1) is 9.26. The molecule has 2 heterocycles. The van der Waals surface area contributed by atoms with Crippen LogP contribution in [0, 0.1) is 0 Å². The molecule has 2 aromatic rings. The molecule has 100 valence electrons. The van der Waals surface area contributed by atoms with Gasteiger partial charge in [-0.1, -0.05) is 0 Å². The lowest BCUT2D eigenvalue weighted by Gasteiger charge is -2.19. The molecular formula is C13H15N3O3. The van der Waals surface area contributed by atoms with Gasteiger partial charge in [0.15, 0.2) is 23.0 Å². The molecule has 6 nitrogen and oxygen atoms in total. The second-order valence-corrected chi connectivity index (χ2v) is 4.17. The van der Waals surface area contributed by atoms with Gasteiger partial charge in [-0.15, -0.1) is 0 Å². The summed E-state index contributed by atoms with van der Waals surface area (Å²) >= 11 is 0. The number of fused-ring (bicyclic) bond motifs is 1. The highest BCUT2D eigenvalue weighted by Gasteiger charge is 2.16. The average molecular weight is 261 g/mol. The molecule has 19 heavy (non-hydrogen) atoms. The molecular weight excluding hydrogens is 246 g/mol. The van der Waals surface area contributed by atoms with Crippen LogP contribution in [0.3, 0.4) is 0 Å². The predicted octanol–water partition coefficient (Wildman–Crippen LogP) is 2.05. The Balaban J connectivity index is 1.87. The fraction of sp³-hybridized carbons (Fsp3) is 0.308. The molecule has 0 spiro atoms. The Bertz CT molecular complexity index is 595. The van der Waals surface area contributed by atoms with Gasteiger partial charge in [-0.05, 0) is 6.92 Å². The van der Waals surface area contributed by atoms with Gasteiger partial charge in [0.05, 0.1) is 18.1 Å². The van der Waals surface area contributed by atoms with Gasteiger partial charge in [0.1, 0.15) is 13.2 Å². The molecule has 1 aliphatic rings. The topological polar surface area (TPSA) is 71.5 Å². The van der Waals surface area contributed by atoms with Crippen LogP contribution in [0.2, 0.25) is 0 Å². The van der Waals surface area contributed by atoms with Gasteiger partial charge < -0.3 is 19.9 Å². The van der Waals surface area contributed by atoms with E-state index in [1.807, 2.05) is 13.1 Å². The maximum Gasteiger partial charge on any atom is 0.165 e. The van der Waals surface area contributed by atoms with Crippen molar-refractivity contribution in [1.82, 2.24) is 9.78 Å². The Morgan fingerprint density at radius 3 is 2.74 bits per heavy atom. The molecule has 6 heteroatoms. The summed E-state index contributed by atoms with van der Waals surface area (Å²) in [7, 11) is 0. The van der Waals surface area contributed by atoms with E-state index in [0.717, 1.165) is 6.54 Å². The van der Waals surface area contributed by atoms with Gasteiger partial charge in [0.2, 0.25) is 0 Å². The Labute approximate surface area is 110 Å². The van der Waals surface area contributed by atoms with Gasteiger partial charge >= 0.3 is 0 Å². The van der Waals surface area contributed by atoms with Gasteiger partial charge in [-0.3, -0.25) is 4.68 Å². The van der Waals surface area contributed by atoms with Gasteiger partial charge in [0, 0.05) is 18.7 Å². The molecule has 1 aliphatic heterocycles. The highest BCUT2D eigenvalue weighted by atomic mass is 16.6. The number of hydrogen-bond acceptors (Lipinski definition) is 5. The lowest BCUT2D eigenvalue weighted by atomic mass is 10.2. The average Bonchev–Trinajstić information content (AvgIpc) is 2.87. The quantitative estimate of drug-likeness (QED) is 0.856. The van der Waals surface area contributed by atoms with E-state index in [0.29, 0.717) is 41.9 Å². The Kier molecular flexibility index (Phi) is 2.91. The Hall–Kier alpha value is -2.37. The van der Waals surface area contributed by atoms with Crippen LogP contribution in [0.5, 0.6) is 23.0 Å². The van der Waals surface area contributed by atoms with Crippen LogP contribution < -0.4 is 19.9 Å². The zero-order chi connectivity index (χ0) is 13.2. The first kappa shape index (κ1) is 11.7. The molecule has 0 saturated carbocycles. The number of rotatable bonds is 3. The van der Waals surface area contributed by atoms with Crippen LogP contribution >= 0.6 is 0 Å². The second kappa shape index (κ2) is 4.72. The number of aromatic nitrogens is 2. The molecule has 0 amide bonds. The molecule has 0 unspecified atom stereocenters. The molecule has 0 radical (unpaired) electrons. The summed E-state index contributed by atoms with van der Waals surface area (Å²) in [6.45, 7) is 3.87. The van der Waals surface area contributed by atoms with Crippen LogP contribution in [0.15, 0.2) is 24.5 Å². The summed E-state index contributed by atoms with van der Waals surface area (Å²) in [5.41, 5.74) is 6.45. The molecule has 1 aromatic carbocycles. The van der Waals surface area contributed by atoms with Gasteiger partial charge in [-0.2, -0.15) is 5.10 Å². The third-order valence-corrected chi connectivity index (χ3v) is 2.84. The smallest absolute Gasteiger partial charge is 0.165 e. The summed E-state index contributed by atoms with van der Waals surface area (Å²) < 4.78 is 18.5. The molecule has 0 aliphatic carbocycles. The molecule has 0 atom stereocenters.